The molecule has 5 heteroatoms. The van der Waals surface area contributed by atoms with Gasteiger partial charge >= 0.3 is 0 Å². The number of methoxy groups -OCH3 is 2. The summed E-state index contributed by atoms with van der Waals surface area (Å²) >= 11 is 0. The van der Waals surface area contributed by atoms with Gasteiger partial charge in [-0.25, -0.2) is 4.98 Å². The monoisotopic (exact) mass is 226 g/mol. The van der Waals surface area contributed by atoms with Gasteiger partial charge in [-0.05, 0) is 12.1 Å². The molecule has 0 saturated carbocycles. The Morgan fingerprint density at radius 3 is 2.88 bits per heavy atom. The molecule has 0 spiro atoms. The van der Waals surface area contributed by atoms with Crippen molar-refractivity contribution in [1.29, 1.82) is 0 Å². The van der Waals surface area contributed by atoms with Crippen LogP contribution in [0.2, 0.25) is 0 Å². The van der Waals surface area contributed by atoms with Crippen LogP contribution in [0.1, 0.15) is 0 Å². The zero-order chi connectivity index (χ0) is 12.0. The number of likely N-dealkylation sites (N-methyl/N-ethyl adjacent to an activating group) is 1. The maximum atomic E-state index is 9.61. The van der Waals surface area contributed by atoms with Gasteiger partial charge in [-0.3, -0.25) is 0 Å². The molecular formula is C11H18N2O3. The smallest absolute Gasteiger partial charge is 0.171 e. The molecule has 1 aromatic rings. The van der Waals surface area contributed by atoms with Crippen molar-refractivity contribution < 1.29 is 14.6 Å². The summed E-state index contributed by atoms with van der Waals surface area (Å²) in [4.78, 5) is 6.05. The Labute approximate surface area is 95.6 Å². The molecule has 1 aromatic heterocycles. The number of pyridine rings is 1. The highest BCUT2D eigenvalue weighted by molar-refractivity contribution is 5.51. The Morgan fingerprint density at radius 2 is 2.25 bits per heavy atom. The van der Waals surface area contributed by atoms with Crippen LogP contribution in [0.3, 0.4) is 0 Å². The Balaban J connectivity index is 2.68. The molecule has 0 aliphatic carbocycles. The van der Waals surface area contributed by atoms with E-state index >= 15 is 0 Å². The van der Waals surface area contributed by atoms with Gasteiger partial charge in [0.15, 0.2) is 11.6 Å². The lowest BCUT2D eigenvalue weighted by molar-refractivity contribution is 0.0693. The minimum Gasteiger partial charge on any atom is -0.493 e. The van der Waals surface area contributed by atoms with E-state index in [9.17, 15) is 5.11 Å². The highest BCUT2D eigenvalue weighted by atomic mass is 16.5. The third kappa shape index (κ3) is 3.36. The fraction of sp³-hybridized carbons (Fsp3) is 0.545. The Morgan fingerprint density at radius 1 is 1.50 bits per heavy atom. The molecule has 1 rings (SSSR count). The van der Waals surface area contributed by atoms with Gasteiger partial charge in [0.05, 0.1) is 19.8 Å². The molecule has 0 aromatic carbocycles. The molecule has 5 nitrogen and oxygen atoms in total. The number of aliphatic hydroxyl groups is 1. The average Bonchev–Trinajstić information content (AvgIpc) is 2.29. The van der Waals surface area contributed by atoms with Gasteiger partial charge in [0, 0.05) is 26.9 Å². The van der Waals surface area contributed by atoms with Crippen LogP contribution in [0, 0.1) is 0 Å². The van der Waals surface area contributed by atoms with E-state index in [1.165, 1.54) is 0 Å². The van der Waals surface area contributed by atoms with Crippen molar-refractivity contribution in [3.8, 4) is 5.75 Å². The predicted molar refractivity (Wildman–Crippen MR) is 61.9 cm³/mol. The topological polar surface area (TPSA) is 54.8 Å². The number of anilines is 1. The van der Waals surface area contributed by atoms with E-state index in [1.807, 2.05) is 24.1 Å². The number of ether oxygens (including phenoxy) is 2. The van der Waals surface area contributed by atoms with Gasteiger partial charge in [-0.2, -0.15) is 0 Å². The third-order valence-electron chi connectivity index (χ3n) is 2.18. The van der Waals surface area contributed by atoms with E-state index in [2.05, 4.69) is 4.98 Å². The number of aromatic nitrogens is 1. The Kier molecular flexibility index (Phi) is 5.01. The number of rotatable bonds is 6. The van der Waals surface area contributed by atoms with Gasteiger partial charge in [0.25, 0.3) is 0 Å². The van der Waals surface area contributed by atoms with Crippen LogP contribution in [0.15, 0.2) is 18.3 Å². The summed E-state index contributed by atoms with van der Waals surface area (Å²) in [5.41, 5.74) is 0. The lowest BCUT2D eigenvalue weighted by Crippen LogP contribution is -2.32. The Bertz CT molecular complexity index is 320. The molecule has 1 unspecified atom stereocenters. The summed E-state index contributed by atoms with van der Waals surface area (Å²) in [6, 6.07) is 3.64. The van der Waals surface area contributed by atoms with E-state index < -0.39 is 6.10 Å². The van der Waals surface area contributed by atoms with Crippen LogP contribution in [-0.2, 0) is 4.74 Å². The van der Waals surface area contributed by atoms with Crippen LogP contribution < -0.4 is 9.64 Å². The van der Waals surface area contributed by atoms with Gasteiger partial charge < -0.3 is 19.5 Å². The first-order valence-corrected chi connectivity index (χ1v) is 5.06. The first kappa shape index (κ1) is 12.7. The molecule has 0 aliphatic rings. The molecule has 90 valence electrons. The normalized spacial score (nSPS) is 12.2. The van der Waals surface area contributed by atoms with Gasteiger partial charge in [0.1, 0.15) is 0 Å². The summed E-state index contributed by atoms with van der Waals surface area (Å²) in [7, 11) is 5.01. The van der Waals surface area contributed by atoms with Gasteiger partial charge in [-0.1, -0.05) is 0 Å². The van der Waals surface area contributed by atoms with E-state index in [0.29, 0.717) is 24.7 Å². The van der Waals surface area contributed by atoms with Crippen molar-refractivity contribution in [2.45, 2.75) is 6.10 Å². The van der Waals surface area contributed by atoms with Crippen molar-refractivity contribution >= 4 is 5.82 Å². The molecule has 1 atom stereocenters. The second-order valence-electron chi connectivity index (χ2n) is 3.52. The first-order chi connectivity index (χ1) is 7.69. The predicted octanol–water partition coefficient (Wildman–Crippen LogP) is 0.534. The maximum Gasteiger partial charge on any atom is 0.171 e. The standard InChI is InChI=1S/C11H18N2O3/c1-13(7-9(14)8-15-2)11-10(16-3)5-4-6-12-11/h4-6,9,14H,7-8H2,1-3H3. The average molecular weight is 226 g/mol. The molecule has 0 radical (unpaired) electrons. The summed E-state index contributed by atoms with van der Waals surface area (Å²) in [6.45, 7) is 0.751. The number of hydrogen-bond acceptors (Lipinski definition) is 5. The highest BCUT2D eigenvalue weighted by Crippen LogP contribution is 2.23. The fourth-order valence-electron chi connectivity index (χ4n) is 1.48. The molecule has 0 amide bonds. The number of aliphatic hydroxyl groups excluding tert-OH is 1. The second kappa shape index (κ2) is 6.30. The van der Waals surface area contributed by atoms with E-state index in [0.717, 1.165) is 0 Å². The van der Waals surface area contributed by atoms with E-state index in [1.54, 1.807) is 20.4 Å². The van der Waals surface area contributed by atoms with Gasteiger partial charge in [0.2, 0.25) is 0 Å². The van der Waals surface area contributed by atoms with Crippen LogP contribution >= 0.6 is 0 Å². The lowest BCUT2D eigenvalue weighted by atomic mass is 10.3. The molecule has 0 saturated heterocycles. The van der Waals surface area contributed by atoms with Crippen LogP contribution in [0.5, 0.6) is 5.75 Å². The quantitative estimate of drug-likeness (QED) is 0.767. The van der Waals surface area contributed by atoms with Crippen LogP contribution in [0.4, 0.5) is 5.82 Å². The molecule has 16 heavy (non-hydrogen) atoms. The van der Waals surface area contributed by atoms with Crippen LogP contribution in [0.25, 0.3) is 0 Å². The van der Waals surface area contributed by atoms with E-state index in [-0.39, 0.29) is 0 Å². The molecule has 0 aliphatic heterocycles. The summed E-state index contributed by atoms with van der Waals surface area (Å²) in [6.07, 6.45) is 1.15. The molecular weight excluding hydrogens is 208 g/mol. The summed E-state index contributed by atoms with van der Waals surface area (Å²) in [5, 5.41) is 9.61. The van der Waals surface area contributed by atoms with Crippen molar-refractivity contribution in [3.05, 3.63) is 18.3 Å². The molecule has 0 fully saturated rings. The van der Waals surface area contributed by atoms with Gasteiger partial charge in [-0.15, -0.1) is 0 Å². The van der Waals surface area contributed by atoms with Crippen molar-refractivity contribution in [1.82, 2.24) is 4.98 Å². The zero-order valence-corrected chi connectivity index (χ0v) is 9.88. The lowest BCUT2D eigenvalue weighted by Gasteiger charge is -2.22. The van der Waals surface area contributed by atoms with Crippen molar-refractivity contribution in [2.24, 2.45) is 0 Å². The minimum atomic E-state index is -0.540. The molecule has 1 heterocycles. The summed E-state index contributed by atoms with van der Waals surface area (Å²) in [5.74, 6) is 1.40. The number of hydrogen-bond donors (Lipinski definition) is 1. The highest BCUT2D eigenvalue weighted by Gasteiger charge is 2.13. The SMILES string of the molecule is COCC(O)CN(C)c1ncccc1OC. The fourth-order valence-corrected chi connectivity index (χ4v) is 1.48. The minimum absolute atomic E-state index is 0.305. The van der Waals surface area contributed by atoms with E-state index in [4.69, 9.17) is 9.47 Å². The Hall–Kier alpha value is -1.33. The summed E-state index contributed by atoms with van der Waals surface area (Å²) < 4.78 is 10.1. The second-order valence-corrected chi connectivity index (χ2v) is 3.52. The molecule has 1 N–H and O–H groups in total. The number of nitrogens with zero attached hydrogens (tertiary/aromatic N) is 2. The molecule has 0 bridgehead atoms. The largest absolute Gasteiger partial charge is 0.493 e. The first-order valence-electron chi connectivity index (χ1n) is 5.06. The third-order valence-corrected chi connectivity index (χ3v) is 2.18. The van der Waals surface area contributed by atoms with Crippen molar-refractivity contribution in [3.63, 3.8) is 0 Å². The maximum absolute atomic E-state index is 9.61. The zero-order valence-electron chi connectivity index (χ0n) is 9.88. The van der Waals surface area contributed by atoms with Crippen LogP contribution in [-0.4, -0.2) is 50.6 Å². The van der Waals surface area contributed by atoms with Crippen molar-refractivity contribution in [2.75, 3.05) is 39.3 Å².